The summed E-state index contributed by atoms with van der Waals surface area (Å²) in [6.45, 7) is 5.50. The fourth-order valence-corrected chi connectivity index (χ4v) is 5.51. The lowest BCUT2D eigenvalue weighted by Gasteiger charge is -2.39. The highest BCUT2D eigenvalue weighted by Gasteiger charge is 2.52. The molecule has 2 aromatic carbocycles. The first kappa shape index (κ1) is 23.0. The van der Waals surface area contributed by atoms with Gasteiger partial charge in [0.1, 0.15) is 11.6 Å². The van der Waals surface area contributed by atoms with Gasteiger partial charge in [-0.25, -0.2) is 17.5 Å². The van der Waals surface area contributed by atoms with E-state index in [2.05, 4.69) is 20.7 Å². The van der Waals surface area contributed by atoms with E-state index in [1.165, 1.54) is 6.07 Å². The number of nitrogens with one attached hydrogen (secondary N) is 1. The third kappa shape index (κ3) is 4.25. The summed E-state index contributed by atoms with van der Waals surface area (Å²) in [6, 6.07) is 10.0. The maximum atomic E-state index is 14.4. The lowest BCUT2D eigenvalue weighted by Crippen LogP contribution is -2.56. The van der Waals surface area contributed by atoms with Crippen LogP contribution in [0.25, 0.3) is 0 Å². The Hall–Kier alpha value is -1.19. The molecule has 9 heteroatoms. The first-order valence-corrected chi connectivity index (χ1v) is 12.6. The van der Waals surface area contributed by atoms with Crippen molar-refractivity contribution in [2.24, 2.45) is 0 Å². The second-order valence-electron chi connectivity index (χ2n) is 8.97. The van der Waals surface area contributed by atoms with E-state index >= 15 is 0 Å². The van der Waals surface area contributed by atoms with Crippen molar-refractivity contribution in [3.63, 3.8) is 0 Å². The Labute approximate surface area is 195 Å². The molecule has 0 bridgehead atoms. The molecule has 2 aliphatic heterocycles. The van der Waals surface area contributed by atoms with Crippen LogP contribution < -0.4 is 9.46 Å². The Morgan fingerprint density at radius 1 is 1.32 bits per heavy atom. The molecular formula is C22H24BrClFNO4S. The number of sulfonamides is 1. The maximum absolute atomic E-state index is 14.4. The molecule has 4 rings (SSSR count). The molecule has 2 unspecified atom stereocenters. The van der Waals surface area contributed by atoms with Crippen LogP contribution in [0.2, 0.25) is 5.02 Å². The third-order valence-electron chi connectivity index (χ3n) is 5.78. The molecule has 31 heavy (non-hydrogen) atoms. The predicted molar refractivity (Wildman–Crippen MR) is 122 cm³/mol. The number of epoxide rings is 1. The zero-order valence-electron chi connectivity index (χ0n) is 17.4. The smallest absolute Gasteiger partial charge is 0.216 e. The van der Waals surface area contributed by atoms with Gasteiger partial charge in [-0.15, -0.1) is 0 Å². The lowest BCUT2D eigenvalue weighted by molar-refractivity contribution is 0.0484. The van der Waals surface area contributed by atoms with E-state index in [-0.39, 0.29) is 11.1 Å². The van der Waals surface area contributed by atoms with Crippen LogP contribution in [0.15, 0.2) is 40.9 Å². The van der Waals surface area contributed by atoms with E-state index in [0.29, 0.717) is 35.2 Å². The topological polar surface area (TPSA) is 67.9 Å². The quantitative estimate of drug-likeness (QED) is 0.422. The monoisotopic (exact) mass is 531 g/mol. The molecule has 0 amide bonds. The SMILES string of the molecule is CC(C)(C)S(=O)(=O)N[C@@H](CC1CO1)C1(c2ccccc2)Cc2c(cc(F)c(Cl)c2Br)O1. The molecular weight excluding hydrogens is 509 g/mol. The number of benzene rings is 2. The van der Waals surface area contributed by atoms with E-state index in [4.69, 9.17) is 21.1 Å². The zero-order chi connectivity index (χ0) is 22.6. The summed E-state index contributed by atoms with van der Waals surface area (Å²) in [5.41, 5.74) is 0.400. The van der Waals surface area contributed by atoms with Crippen molar-refractivity contribution >= 4 is 37.6 Å². The van der Waals surface area contributed by atoms with Crippen LogP contribution in [0.3, 0.4) is 0 Å². The molecule has 0 aromatic heterocycles. The van der Waals surface area contributed by atoms with Crippen molar-refractivity contribution in [2.45, 2.75) is 56.1 Å². The third-order valence-corrected chi connectivity index (χ3v) is 9.46. The molecule has 5 nitrogen and oxygen atoms in total. The highest BCUT2D eigenvalue weighted by Crippen LogP contribution is 2.50. The molecule has 0 aliphatic carbocycles. The van der Waals surface area contributed by atoms with Crippen LogP contribution in [0, 0.1) is 5.82 Å². The van der Waals surface area contributed by atoms with E-state index in [0.717, 1.165) is 5.56 Å². The van der Waals surface area contributed by atoms with E-state index in [1.54, 1.807) is 20.8 Å². The Bertz CT molecular complexity index is 1100. The first-order chi connectivity index (χ1) is 14.4. The minimum absolute atomic E-state index is 0.0245. The number of fused-ring (bicyclic) bond motifs is 1. The van der Waals surface area contributed by atoms with Gasteiger partial charge in [0.15, 0.2) is 5.60 Å². The number of rotatable bonds is 6. The minimum atomic E-state index is -3.71. The van der Waals surface area contributed by atoms with Crippen molar-refractivity contribution in [1.82, 2.24) is 4.72 Å². The van der Waals surface area contributed by atoms with Crippen molar-refractivity contribution in [3.8, 4) is 5.75 Å². The van der Waals surface area contributed by atoms with Gasteiger partial charge in [0.25, 0.3) is 0 Å². The molecule has 2 aliphatic rings. The van der Waals surface area contributed by atoms with E-state index in [1.807, 2.05) is 30.3 Å². The average molecular weight is 533 g/mol. The minimum Gasteiger partial charge on any atom is -0.480 e. The number of hydrogen-bond donors (Lipinski definition) is 1. The second kappa shape index (κ2) is 7.99. The molecule has 0 spiro atoms. The highest BCUT2D eigenvalue weighted by molar-refractivity contribution is 9.10. The standard InChI is InChI=1S/C22H24BrClFNO4S/c1-21(2,3)31(27,28)26-18(9-14-12-29-14)22(13-7-5-4-6-8-13)11-15-17(30-22)10-16(25)20(24)19(15)23/h4-8,10,14,18,26H,9,11-12H2,1-3H3/t14?,18-,22?/m0/s1. The van der Waals surface area contributed by atoms with Gasteiger partial charge in [-0.1, -0.05) is 41.9 Å². The molecule has 0 radical (unpaired) electrons. The molecule has 2 heterocycles. The molecule has 3 atom stereocenters. The van der Waals surface area contributed by atoms with Crippen molar-refractivity contribution in [3.05, 3.63) is 62.8 Å². The van der Waals surface area contributed by atoms with Gasteiger partial charge in [0, 0.05) is 22.5 Å². The highest BCUT2D eigenvalue weighted by atomic mass is 79.9. The summed E-state index contributed by atoms with van der Waals surface area (Å²) in [5.74, 6) is -0.261. The summed E-state index contributed by atoms with van der Waals surface area (Å²) in [5, 5.41) is -0.0245. The largest absolute Gasteiger partial charge is 0.480 e. The molecule has 0 saturated carbocycles. The van der Waals surface area contributed by atoms with Crippen molar-refractivity contribution in [1.29, 1.82) is 0 Å². The van der Waals surface area contributed by atoms with Crippen LogP contribution in [0.4, 0.5) is 4.39 Å². The lowest BCUT2D eigenvalue weighted by atomic mass is 9.81. The summed E-state index contributed by atoms with van der Waals surface area (Å²) in [7, 11) is -3.71. The second-order valence-corrected chi connectivity index (χ2v) is 12.6. The summed E-state index contributed by atoms with van der Waals surface area (Å²) in [4.78, 5) is 0. The molecule has 1 N–H and O–H groups in total. The van der Waals surface area contributed by atoms with Gasteiger partial charge in [-0.05, 0) is 48.7 Å². The molecule has 2 aromatic rings. The van der Waals surface area contributed by atoms with Gasteiger partial charge in [-0.3, -0.25) is 0 Å². The predicted octanol–water partition coefficient (Wildman–Crippen LogP) is 4.95. The van der Waals surface area contributed by atoms with Gasteiger partial charge >= 0.3 is 0 Å². The Morgan fingerprint density at radius 3 is 2.55 bits per heavy atom. The fourth-order valence-electron chi connectivity index (χ4n) is 3.80. The normalized spacial score (nSPS) is 23.9. The van der Waals surface area contributed by atoms with Crippen LogP contribution in [-0.2, 0) is 26.8 Å². The van der Waals surface area contributed by atoms with Crippen LogP contribution >= 0.6 is 27.5 Å². The Balaban J connectivity index is 1.85. The average Bonchev–Trinajstić information content (AvgIpc) is 3.43. The molecule has 168 valence electrons. The van der Waals surface area contributed by atoms with Gasteiger partial charge in [-0.2, -0.15) is 0 Å². The molecule has 1 fully saturated rings. The van der Waals surface area contributed by atoms with E-state index in [9.17, 15) is 12.8 Å². The van der Waals surface area contributed by atoms with E-state index < -0.39 is 32.2 Å². The van der Waals surface area contributed by atoms with Crippen molar-refractivity contribution in [2.75, 3.05) is 6.61 Å². The van der Waals surface area contributed by atoms with Gasteiger partial charge < -0.3 is 9.47 Å². The number of ether oxygens (including phenoxy) is 2. The zero-order valence-corrected chi connectivity index (χ0v) is 20.6. The van der Waals surface area contributed by atoms with Crippen LogP contribution in [0.5, 0.6) is 5.75 Å². The van der Waals surface area contributed by atoms with Crippen LogP contribution in [-0.4, -0.2) is 31.9 Å². The Kier molecular flexibility index (Phi) is 5.92. The first-order valence-electron chi connectivity index (χ1n) is 9.99. The maximum Gasteiger partial charge on any atom is 0.216 e. The Morgan fingerprint density at radius 2 is 1.97 bits per heavy atom. The summed E-state index contributed by atoms with van der Waals surface area (Å²) >= 11 is 9.53. The number of halogens is 3. The number of hydrogen-bond acceptors (Lipinski definition) is 4. The fraction of sp³-hybridized carbons (Fsp3) is 0.455. The van der Waals surface area contributed by atoms with Crippen molar-refractivity contribution < 1.29 is 22.3 Å². The molecule has 1 saturated heterocycles. The van der Waals surface area contributed by atoms with Gasteiger partial charge in [0.05, 0.1) is 28.5 Å². The van der Waals surface area contributed by atoms with Gasteiger partial charge in [0.2, 0.25) is 10.0 Å². The summed E-state index contributed by atoms with van der Waals surface area (Å²) in [6.07, 6.45) is 0.674. The summed E-state index contributed by atoms with van der Waals surface area (Å²) < 4.78 is 54.8. The van der Waals surface area contributed by atoms with Crippen LogP contribution in [0.1, 0.15) is 38.3 Å².